The van der Waals surface area contributed by atoms with Gasteiger partial charge in [0.25, 0.3) is 0 Å². The maximum absolute atomic E-state index is 12.4. The number of hydrogen-bond acceptors (Lipinski definition) is 3. The van der Waals surface area contributed by atoms with Crippen molar-refractivity contribution in [1.29, 1.82) is 0 Å². The number of benzene rings is 1. The standard InChI is InChI=1S/C17H24N2O2/c1-13(15-6-4-5-7-16(15)21-3)12-17(20)19(2)14-8-10-18-11-9-14/h4-7,12,14,18H,8-11H2,1-3H3/b13-12+. The van der Waals surface area contributed by atoms with E-state index in [1.807, 2.05) is 43.1 Å². The molecule has 0 atom stereocenters. The number of rotatable bonds is 4. The Hall–Kier alpha value is -1.81. The smallest absolute Gasteiger partial charge is 0.246 e. The van der Waals surface area contributed by atoms with E-state index in [4.69, 9.17) is 4.74 Å². The minimum atomic E-state index is 0.0605. The summed E-state index contributed by atoms with van der Waals surface area (Å²) in [4.78, 5) is 14.3. The Balaban J connectivity index is 2.11. The van der Waals surface area contributed by atoms with Gasteiger partial charge in [-0.3, -0.25) is 4.79 Å². The second kappa shape index (κ2) is 7.27. The molecule has 0 aliphatic carbocycles. The van der Waals surface area contributed by atoms with Crippen LogP contribution in [0.3, 0.4) is 0 Å². The number of piperidine rings is 1. The highest BCUT2D eigenvalue weighted by molar-refractivity contribution is 5.95. The monoisotopic (exact) mass is 288 g/mol. The van der Waals surface area contributed by atoms with E-state index in [-0.39, 0.29) is 5.91 Å². The maximum atomic E-state index is 12.4. The van der Waals surface area contributed by atoms with Crippen LogP contribution < -0.4 is 10.1 Å². The highest BCUT2D eigenvalue weighted by Gasteiger charge is 2.20. The summed E-state index contributed by atoms with van der Waals surface area (Å²) in [6, 6.07) is 8.10. The van der Waals surface area contributed by atoms with E-state index in [0.717, 1.165) is 42.8 Å². The van der Waals surface area contributed by atoms with E-state index in [9.17, 15) is 4.79 Å². The molecular weight excluding hydrogens is 264 g/mol. The van der Waals surface area contributed by atoms with Crippen LogP contribution in [0, 0.1) is 0 Å². The van der Waals surface area contributed by atoms with Gasteiger partial charge in [0.05, 0.1) is 7.11 Å². The van der Waals surface area contributed by atoms with Gasteiger partial charge < -0.3 is 15.0 Å². The molecule has 21 heavy (non-hydrogen) atoms. The molecule has 0 bridgehead atoms. The highest BCUT2D eigenvalue weighted by Crippen LogP contribution is 2.25. The molecule has 1 aliphatic rings. The van der Waals surface area contributed by atoms with Crippen LogP contribution in [0.1, 0.15) is 25.3 Å². The molecule has 0 unspecified atom stereocenters. The summed E-state index contributed by atoms with van der Waals surface area (Å²) < 4.78 is 5.35. The molecule has 1 amide bonds. The van der Waals surface area contributed by atoms with Gasteiger partial charge in [-0.2, -0.15) is 0 Å². The molecule has 0 aromatic heterocycles. The van der Waals surface area contributed by atoms with E-state index < -0.39 is 0 Å². The van der Waals surface area contributed by atoms with Crippen molar-refractivity contribution in [2.45, 2.75) is 25.8 Å². The van der Waals surface area contributed by atoms with Crippen LogP contribution in [0.25, 0.3) is 5.57 Å². The van der Waals surface area contributed by atoms with Crippen LogP contribution >= 0.6 is 0 Å². The summed E-state index contributed by atoms with van der Waals surface area (Å²) in [6.45, 7) is 3.92. The molecule has 1 N–H and O–H groups in total. The summed E-state index contributed by atoms with van der Waals surface area (Å²) in [6.07, 6.45) is 3.74. The number of likely N-dealkylation sites (N-methyl/N-ethyl adjacent to an activating group) is 1. The Morgan fingerprint density at radius 2 is 2.00 bits per heavy atom. The average Bonchev–Trinajstić information content (AvgIpc) is 2.54. The van der Waals surface area contributed by atoms with Gasteiger partial charge in [0, 0.05) is 24.7 Å². The van der Waals surface area contributed by atoms with Crippen LogP contribution in [0.5, 0.6) is 5.75 Å². The Morgan fingerprint density at radius 1 is 1.33 bits per heavy atom. The van der Waals surface area contributed by atoms with Crippen molar-refractivity contribution in [3.63, 3.8) is 0 Å². The lowest BCUT2D eigenvalue weighted by Gasteiger charge is -2.31. The number of carbonyl (C=O) groups is 1. The van der Waals surface area contributed by atoms with Gasteiger partial charge in [-0.1, -0.05) is 18.2 Å². The van der Waals surface area contributed by atoms with Gasteiger partial charge in [0.15, 0.2) is 0 Å². The lowest BCUT2D eigenvalue weighted by molar-refractivity contribution is -0.127. The molecule has 1 aliphatic heterocycles. The summed E-state index contributed by atoms with van der Waals surface area (Å²) in [5, 5.41) is 3.32. The molecule has 114 valence electrons. The second-order valence-electron chi connectivity index (χ2n) is 5.46. The average molecular weight is 288 g/mol. The number of para-hydroxylation sites is 1. The zero-order valence-electron chi connectivity index (χ0n) is 13.1. The number of allylic oxidation sites excluding steroid dienone is 1. The summed E-state index contributed by atoms with van der Waals surface area (Å²) in [5.41, 5.74) is 1.89. The van der Waals surface area contributed by atoms with Crippen molar-refractivity contribution < 1.29 is 9.53 Å². The lowest BCUT2D eigenvalue weighted by Crippen LogP contribution is -2.43. The molecular formula is C17H24N2O2. The fourth-order valence-corrected chi connectivity index (χ4v) is 2.71. The Labute approximate surface area is 126 Å². The summed E-state index contributed by atoms with van der Waals surface area (Å²) >= 11 is 0. The third-order valence-electron chi connectivity index (χ3n) is 4.08. The molecule has 0 spiro atoms. The van der Waals surface area contributed by atoms with Crippen molar-refractivity contribution >= 4 is 11.5 Å². The molecule has 1 fully saturated rings. The van der Waals surface area contributed by atoms with Gasteiger partial charge in [-0.05, 0) is 44.5 Å². The number of hydrogen-bond donors (Lipinski definition) is 1. The van der Waals surface area contributed by atoms with E-state index >= 15 is 0 Å². The Morgan fingerprint density at radius 3 is 2.67 bits per heavy atom. The molecule has 2 rings (SSSR count). The van der Waals surface area contributed by atoms with Gasteiger partial charge in [-0.25, -0.2) is 0 Å². The lowest BCUT2D eigenvalue weighted by atomic mass is 10.0. The third kappa shape index (κ3) is 3.85. The van der Waals surface area contributed by atoms with Crippen LogP contribution in [-0.2, 0) is 4.79 Å². The van der Waals surface area contributed by atoms with E-state index in [1.54, 1.807) is 13.2 Å². The quantitative estimate of drug-likeness (QED) is 0.865. The van der Waals surface area contributed by atoms with Gasteiger partial charge in [-0.15, -0.1) is 0 Å². The molecule has 4 heteroatoms. The number of carbonyl (C=O) groups excluding carboxylic acids is 1. The second-order valence-corrected chi connectivity index (χ2v) is 5.46. The minimum Gasteiger partial charge on any atom is -0.496 e. The molecule has 0 saturated carbocycles. The molecule has 1 aromatic carbocycles. The number of nitrogens with one attached hydrogen (secondary N) is 1. The Kier molecular flexibility index (Phi) is 5.39. The predicted molar refractivity (Wildman–Crippen MR) is 85.3 cm³/mol. The van der Waals surface area contributed by atoms with Crippen molar-refractivity contribution in [2.24, 2.45) is 0 Å². The topological polar surface area (TPSA) is 41.6 Å². The van der Waals surface area contributed by atoms with Crippen molar-refractivity contribution in [3.05, 3.63) is 35.9 Å². The highest BCUT2D eigenvalue weighted by atomic mass is 16.5. The van der Waals surface area contributed by atoms with Crippen LogP contribution in [0.15, 0.2) is 30.3 Å². The number of nitrogens with zero attached hydrogens (tertiary/aromatic N) is 1. The summed E-state index contributed by atoms with van der Waals surface area (Å²) in [7, 11) is 3.54. The van der Waals surface area contributed by atoms with E-state index in [1.165, 1.54) is 0 Å². The van der Waals surface area contributed by atoms with Gasteiger partial charge >= 0.3 is 0 Å². The fourth-order valence-electron chi connectivity index (χ4n) is 2.71. The zero-order valence-corrected chi connectivity index (χ0v) is 13.1. The third-order valence-corrected chi connectivity index (χ3v) is 4.08. The molecule has 1 heterocycles. The maximum Gasteiger partial charge on any atom is 0.246 e. The molecule has 4 nitrogen and oxygen atoms in total. The molecule has 0 radical (unpaired) electrons. The van der Waals surface area contributed by atoms with Crippen molar-refractivity contribution in [2.75, 3.05) is 27.2 Å². The van der Waals surface area contributed by atoms with Crippen LogP contribution in [-0.4, -0.2) is 44.1 Å². The predicted octanol–water partition coefficient (Wildman–Crippen LogP) is 2.31. The minimum absolute atomic E-state index is 0.0605. The summed E-state index contributed by atoms with van der Waals surface area (Å²) in [5.74, 6) is 0.855. The first-order chi connectivity index (χ1) is 10.1. The Bertz CT molecular complexity index is 519. The largest absolute Gasteiger partial charge is 0.496 e. The first-order valence-corrected chi connectivity index (χ1v) is 7.42. The number of amides is 1. The number of methoxy groups -OCH3 is 1. The van der Waals surface area contributed by atoms with E-state index in [0.29, 0.717) is 6.04 Å². The van der Waals surface area contributed by atoms with E-state index in [2.05, 4.69) is 5.32 Å². The SMILES string of the molecule is COc1ccccc1/C(C)=C/C(=O)N(C)C1CCNCC1. The van der Waals surface area contributed by atoms with Gasteiger partial charge in [0.2, 0.25) is 5.91 Å². The first kappa shape index (κ1) is 15.6. The number of ether oxygens (including phenoxy) is 1. The van der Waals surface area contributed by atoms with Crippen LogP contribution in [0.2, 0.25) is 0 Å². The zero-order chi connectivity index (χ0) is 15.2. The fraction of sp³-hybridized carbons (Fsp3) is 0.471. The van der Waals surface area contributed by atoms with Crippen LogP contribution in [0.4, 0.5) is 0 Å². The van der Waals surface area contributed by atoms with Crippen molar-refractivity contribution in [3.8, 4) is 5.75 Å². The first-order valence-electron chi connectivity index (χ1n) is 7.42. The normalized spacial score (nSPS) is 16.6. The molecule has 1 saturated heterocycles. The molecule has 1 aromatic rings. The van der Waals surface area contributed by atoms with Crippen molar-refractivity contribution in [1.82, 2.24) is 10.2 Å². The van der Waals surface area contributed by atoms with Gasteiger partial charge in [0.1, 0.15) is 5.75 Å².